The van der Waals surface area contributed by atoms with Crippen LogP contribution in [0.4, 0.5) is 5.69 Å². The molecule has 3 N–H and O–H groups in total. The summed E-state index contributed by atoms with van der Waals surface area (Å²) in [5.74, 6) is -0.168. The van der Waals surface area contributed by atoms with Gasteiger partial charge in [-0.3, -0.25) is 9.78 Å². The standard InChI is InChI=1S/C12H17N3O3S/c1-8-5-11(13)10(6-14-8)12(16)15-9-3-2-4-19(17,18)7-9/h5-6,9H,2-4,7H2,1H3,(H2,13,14)(H,15,16). The SMILES string of the molecule is Cc1cc(N)c(C(=O)NC2CCCS(=O)(=O)C2)cn1. The average Bonchev–Trinajstić information content (AvgIpc) is 2.27. The summed E-state index contributed by atoms with van der Waals surface area (Å²) in [6.07, 6.45) is 2.66. The van der Waals surface area contributed by atoms with E-state index in [1.807, 2.05) is 0 Å². The summed E-state index contributed by atoms with van der Waals surface area (Å²) < 4.78 is 23.0. The molecule has 0 aromatic carbocycles. The van der Waals surface area contributed by atoms with Crippen LogP contribution < -0.4 is 11.1 Å². The Kier molecular flexibility index (Phi) is 3.75. The maximum absolute atomic E-state index is 12.0. The van der Waals surface area contributed by atoms with E-state index >= 15 is 0 Å². The van der Waals surface area contributed by atoms with Gasteiger partial charge in [-0.15, -0.1) is 0 Å². The number of rotatable bonds is 2. The molecular weight excluding hydrogens is 266 g/mol. The summed E-state index contributed by atoms with van der Waals surface area (Å²) in [5.41, 5.74) is 7.13. The van der Waals surface area contributed by atoms with E-state index < -0.39 is 9.84 Å². The summed E-state index contributed by atoms with van der Waals surface area (Å²) in [6, 6.07) is 1.28. The van der Waals surface area contributed by atoms with Crippen molar-refractivity contribution in [2.45, 2.75) is 25.8 Å². The minimum Gasteiger partial charge on any atom is -0.398 e. The average molecular weight is 283 g/mol. The normalized spacial score (nSPS) is 21.8. The maximum atomic E-state index is 12.0. The van der Waals surface area contributed by atoms with Gasteiger partial charge in [0.05, 0.1) is 17.1 Å². The van der Waals surface area contributed by atoms with Crippen LogP contribution >= 0.6 is 0 Å². The zero-order chi connectivity index (χ0) is 14.0. The Morgan fingerprint density at radius 1 is 1.53 bits per heavy atom. The Morgan fingerprint density at radius 3 is 2.89 bits per heavy atom. The molecule has 1 aliphatic heterocycles. The van der Waals surface area contributed by atoms with Gasteiger partial charge in [0.15, 0.2) is 9.84 Å². The van der Waals surface area contributed by atoms with Gasteiger partial charge in [0.25, 0.3) is 5.91 Å². The first-order valence-electron chi connectivity index (χ1n) is 6.11. The highest BCUT2D eigenvalue weighted by molar-refractivity contribution is 7.91. The molecule has 1 aromatic rings. The van der Waals surface area contributed by atoms with E-state index in [1.165, 1.54) is 6.20 Å². The lowest BCUT2D eigenvalue weighted by atomic mass is 10.1. The van der Waals surface area contributed by atoms with Crippen LogP contribution in [0.25, 0.3) is 0 Å². The van der Waals surface area contributed by atoms with Gasteiger partial charge in [0.1, 0.15) is 0 Å². The van der Waals surface area contributed by atoms with E-state index in [0.29, 0.717) is 18.5 Å². The molecule has 1 aromatic heterocycles. The van der Waals surface area contributed by atoms with Crippen molar-refractivity contribution in [3.05, 3.63) is 23.5 Å². The number of amides is 1. The van der Waals surface area contributed by atoms with Gasteiger partial charge >= 0.3 is 0 Å². The molecule has 2 rings (SSSR count). The molecule has 2 heterocycles. The van der Waals surface area contributed by atoms with Crippen molar-refractivity contribution >= 4 is 21.4 Å². The lowest BCUT2D eigenvalue weighted by molar-refractivity contribution is 0.0939. The van der Waals surface area contributed by atoms with Gasteiger partial charge in [-0.1, -0.05) is 0 Å². The van der Waals surface area contributed by atoms with E-state index in [2.05, 4.69) is 10.3 Å². The van der Waals surface area contributed by atoms with E-state index in [-0.39, 0.29) is 29.0 Å². The lowest BCUT2D eigenvalue weighted by Gasteiger charge is -2.23. The second kappa shape index (κ2) is 5.16. The number of sulfone groups is 1. The van der Waals surface area contributed by atoms with Crippen molar-refractivity contribution in [3.63, 3.8) is 0 Å². The minimum atomic E-state index is -3.04. The molecule has 0 bridgehead atoms. The van der Waals surface area contributed by atoms with Crippen LogP contribution in [-0.4, -0.2) is 36.9 Å². The zero-order valence-electron chi connectivity index (χ0n) is 10.7. The molecule has 1 amide bonds. The Morgan fingerprint density at radius 2 is 2.26 bits per heavy atom. The fourth-order valence-corrected chi connectivity index (χ4v) is 3.81. The third-order valence-corrected chi connectivity index (χ3v) is 4.94. The Balaban J connectivity index is 2.09. The summed E-state index contributed by atoms with van der Waals surface area (Å²) in [5, 5.41) is 2.71. The second-order valence-electron chi connectivity index (χ2n) is 4.84. The molecule has 1 fully saturated rings. The number of hydrogen-bond acceptors (Lipinski definition) is 5. The third-order valence-electron chi connectivity index (χ3n) is 3.12. The third kappa shape index (κ3) is 3.44. The molecule has 104 valence electrons. The fraction of sp³-hybridized carbons (Fsp3) is 0.500. The van der Waals surface area contributed by atoms with Crippen molar-refractivity contribution in [3.8, 4) is 0 Å². The van der Waals surface area contributed by atoms with Gasteiger partial charge in [-0.25, -0.2) is 8.42 Å². The van der Waals surface area contributed by atoms with Crippen molar-refractivity contribution in [2.24, 2.45) is 0 Å². The topological polar surface area (TPSA) is 102 Å². The van der Waals surface area contributed by atoms with Crippen LogP contribution in [0.5, 0.6) is 0 Å². The van der Waals surface area contributed by atoms with Crippen LogP contribution in [0.3, 0.4) is 0 Å². The van der Waals surface area contributed by atoms with Crippen molar-refractivity contribution in [1.29, 1.82) is 0 Å². The number of nitrogen functional groups attached to an aromatic ring is 1. The van der Waals surface area contributed by atoms with Gasteiger partial charge < -0.3 is 11.1 Å². The fourth-order valence-electron chi connectivity index (χ4n) is 2.17. The highest BCUT2D eigenvalue weighted by atomic mass is 32.2. The van der Waals surface area contributed by atoms with E-state index in [4.69, 9.17) is 5.73 Å². The number of aryl methyl sites for hydroxylation is 1. The highest BCUT2D eigenvalue weighted by Crippen LogP contribution is 2.15. The molecule has 19 heavy (non-hydrogen) atoms. The Hall–Kier alpha value is -1.63. The Labute approximate surface area is 112 Å². The van der Waals surface area contributed by atoms with Crippen molar-refractivity contribution < 1.29 is 13.2 Å². The molecule has 6 nitrogen and oxygen atoms in total. The molecule has 1 saturated heterocycles. The number of carbonyl (C=O) groups excluding carboxylic acids is 1. The first kappa shape index (κ1) is 13.8. The lowest BCUT2D eigenvalue weighted by Crippen LogP contribution is -2.43. The van der Waals surface area contributed by atoms with Crippen LogP contribution in [-0.2, 0) is 9.84 Å². The Bertz CT molecular complexity index is 598. The van der Waals surface area contributed by atoms with E-state index in [0.717, 1.165) is 5.69 Å². The minimum absolute atomic E-state index is 0.00205. The largest absolute Gasteiger partial charge is 0.398 e. The molecule has 1 atom stereocenters. The first-order chi connectivity index (χ1) is 8.87. The summed E-state index contributed by atoms with van der Waals surface area (Å²) in [6.45, 7) is 1.78. The smallest absolute Gasteiger partial charge is 0.255 e. The number of anilines is 1. The number of nitrogens with two attached hydrogens (primary N) is 1. The van der Waals surface area contributed by atoms with Gasteiger partial charge in [0, 0.05) is 23.6 Å². The molecule has 0 aliphatic carbocycles. The second-order valence-corrected chi connectivity index (χ2v) is 7.07. The molecule has 7 heteroatoms. The molecule has 0 spiro atoms. The number of aromatic nitrogens is 1. The van der Waals surface area contributed by atoms with E-state index in [9.17, 15) is 13.2 Å². The summed E-state index contributed by atoms with van der Waals surface area (Å²) in [7, 11) is -3.04. The van der Waals surface area contributed by atoms with Gasteiger partial charge in [0.2, 0.25) is 0 Å². The maximum Gasteiger partial charge on any atom is 0.255 e. The van der Waals surface area contributed by atoms with Gasteiger partial charge in [-0.05, 0) is 25.8 Å². The predicted octanol–water partition coefficient (Wildman–Crippen LogP) is 0.279. The van der Waals surface area contributed by atoms with Crippen LogP contribution in [0.1, 0.15) is 28.9 Å². The highest BCUT2D eigenvalue weighted by Gasteiger charge is 2.26. The van der Waals surface area contributed by atoms with Crippen molar-refractivity contribution in [2.75, 3.05) is 17.2 Å². The molecule has 0 saturated carbocycles. The first-order valence-corrected chi connectivity index (χ1v) is 7.93. The molecule has 1 aliphatic rings. The zero-order valence-corrected chi connectivity index (χ0v) is 11.5. The summed E-state index contributed by atoms with van der Waals surface area (Å²) >= 11 is 0. The molecule has 0 radical (unpaired) electrons. The van der Waals surface area contributed by atoms with Gasteiger partial charge in [-0.2, -0.15) is 0 Å². The number of carbonyl (C=O) groups is 1. The monoisotopic (exact) mass is 283 g/mol. The number of pyridine rings is 1. The molecular formula is C12H17N3O3S. The van der Waals surface area contributed by atoms with Crippen molar-refractivity contribution in [1.82, 2.24) is 10.3 Å². The predicted molar refractivity (Wildman–Crippen MR) is 72.5 cm³/mol. The summed E-state index contributed by atoms with van der Waals surface area (Å²) in [4.78, 5) is 16.1. The van der Waals surface area contributed by atoms with Crippen LogP contribution in [0, 0.1) is 6.92 Å². The molecule has 1 unspecified atom stereocenters. The number of nitrogens with zero attached hydrogens (tertiary/aromatic N) is 1. The quantitative estimate of drug-likeness (QED) is 0.811. The van der Waals surface area contributed by atoms with E-state index in [1.54, 1.807) is 13.0 Å². The number of nitrogens with one attached hydrogen (secondary N) is 1. The van der Waals surface area contributed by atoms with Crippen LogP contribution in [0.2, 0.25) is 0 Å². The van der Waals surface area contributed by atoms with Crippen LogP contribution in [0.15, 0.2) is 12.3 Å². The number of hydrogen-bond donors (Lipinski definition) is 2.